The van der Waals surface area contributed by atoms with Gasteiger partial charge in [-0.05, 0) is 38.1 Å². The Kier molecular flexibility index (Phi) is 5.99. The van der Waals surface area contributed by atoms with Crippen LogP contribution in [0.25, 0.3) is 0 Å². The summed E-state index contributed by atoms with van der Waals surface area (Å²) in [7, 11) is 1.78. The molecule has 0 radical (unpaired) electrons. The van der Waals surface area contributed by atoms with Crippen LogP contribution in [0.5, 0.6) is 0 Å². The molecule has 1 heterocycles. The van der Waals surface area contributed by atoms with E-state index in [4.69, 9.17) is 5.73 Å². The Labute approximate surface area is 139 Å². The van der Waals surface area contributed by atoms with E-state index < -0.39 is 0 Å². The molecule has 1 amide bonds. The van der Waals surface area contributed by atoms with Crippen LogP contribution in [0.2, 0.25) is 0 Å². The van der Waals surface area contributed by atoms with Crippen LogP contribution in [0.1, 0.15) is 28.0 Å². The summed E-state index contributed by atoms with van der Waals surface area (Å²) < 4.78 is 0. The summed E-state index contributed by atoms with van der Waals surface area (Å²) in [6.07, 6.45) is 0. The van der Waals surface area contributed by atoms with Crippen LogP contribution < -0.4 is 5.73 Å². The first kappa shape index (κ1) is 17.0. The van der Waals surface area contributed by atoms with Crippen LogP contribution in [-0.4, -0.2) is 35.4 Å². The molecular formula is C16H21N3OS2. The fraction of sp³-hybridized carbons (Fsp3) is 0.375. The molecule has 118 valence electrons. The number of amides is 1. The Balaban J connectivity index is 1.96. The standard InChI is InChI=1S/C16H21N3OS2/c1-11(8-17)19(3)16(20)13-4-6-15(7-5-13)22-10-14-9-21-12(2)18-14/h4-7,9,11H,8,10,17H2,1-3H3. The Morgan fingerprint density at radius 3 is 2.64 bits per heavy atom. The molecule has 2 rings (SSSR count). The summed E-state index contributed by atoms with van der Waals surface area (Å²) in [5, 5.41) is 3.18. The number of thioether (sulfide) groups is 1. The Bertz CT molecular complexity index is 625. The molecule has 0 saturated carbocycles. The van der Waals surface area contributed by atoms with E-state index in [1.807, 2.05) is 38.1 Å². The molecule has 4 nitrogen and oxygen atoms in total. The van der Waals surface area contributed by atoms with Crippen LogP contribution >= 0.6 is 23.1 Å². The van der Waals surface area contributed by atoms with Gasteiger partial charge in [0.15, 0.2) is 0 Å². The fourth-order valence-electron chi connectivity index (χ4n) is 1.89. The zero-order valence-electron chi connectivity index (χ0n) is 13.1. The van der Waals surface area contributed by atoms with Gasteiger partial charge < -0.3 is 10.6 Å². The van der Waals surface area contributed by atoms with E-state index in [1.165, 1.54) is 0 Å². The first-order valence-corrected chi connectivity index (χ1v) is 8.99. The molecular weight excluding hydrogens is 314 g/mol. The predicted octanol–water partition coefficient (Wildman–Crippen LogP) is 3.16. The molecule has 2 aromatic rings. The highest BCUT2D eigenvalue weighted by molar-refractivity contribution is 7.98. The van der Waals surface area contributed by atoms with Gasteiger partial charge in [-0.3, -0.25) is 4.79 Å². The van der Waals surface area contributed by atoms with E-state index in [1.54, 1.807) is 35.0 Å². The highest BCUT2D eigenvalue weighted by Gasteiger charge is 2.16. The molecule has 0 fully saturated rings. The van der Waals surface area contributed by atoms with E-state index in [0.29, 0.717) is 12.1 Å². The summed E-state index contributed by atoms with van der Waals surface area (Å²) in [6, 6.07) is 7.75. The minimum Gasteiger partial charge on any atom is -0.338 e. The van der Waals surface area contributed by atoms with Crippen LogP contribution in [0.15, 0.2) is 34.5 Å². The zero-order valence-corrected chi connectivity index (χ0v) is 14.7. The lowest BCUT2D eigenvalue weighted by Gasteiger charge is -2.23. The summed E-state index contributed by atoms with van der Waals surface area (Å²) >= 11 is 3.39. The number of rotatable bonds is 6. The van der Waals surface area contributed by atoms with Crippen molar-refractivity contribution >= 4 is 29.0 Å². The van der Waals surface area contributed by atoms with Crippen LogP contribution in [0.4, 0.5) is 0 Å². The van der Waals surface area contributed by atoms with Gasteiger partial charge in [0.25, 0.3) is 5.91 Å². The van der Waals surface area contributed by atoms with Crippen LogP contribution in [0.3, 0.4) is 0 Å². The third kappa shape index (κ3) is 4.32. The van der Waals surface area contributed by atoms with Crippen LogP contribution in [-0.2, 0) is 5.75 Å². The number of carbonyl (C=O) groups excluding carboxylic acids is 1. The highest BCUT2D eigenvalue weighted by atomic mass is 32.2. The second-order valence-corrected chi connectivity index (χ2v) is 7.28. The lowest BCUT2D eigenvalue weighted by molar-refractivity contribution is 0.0748. The molecule has 22 heavy (non-hydrogen) atoms. The molecule has 2 N–H and O–H groups in total. The maximum Gasteiger partial charge on any atom is 0.253 e. The number of nitrogens with two attached hydrogens (primary N) is 1. The lowest BCUT2D eigenvalue weighted by Crippen LogP contribution is -2.39. The molecule has 1 unspecified atom stereocenters. The van der Waals surface area contributed by atoms with Gasteiger partial charge in [0, 0.05) is 41.2 Å². The van der Waals surface area contributed by atoms with Crippen molar-refractivity contribution in [3.8, 4) is 0 Å². The Morgan fingerprint density at radius 2 is 2.09 bits per heavy atom. The minimum atomic E-state index is 0.00428. The zero-order chi connectivity index (χ0) is 16.1. The largest absolute Gasteiger partial charge is 0.338 e. The van der Waals surface area contributed by atoms with Gasteiger partial charge in [-0.1, -0.05) is 0 Å². The van der Waals surface area contributed by atoms with Crippen molar-refractivity contribution in [3.05, 3.63) is 45.9 Å². The van der Waals surface area contributed by atoms with E-state index in [9.17, 15) is 4.79 Å². The summed E-state index contributed by atoms with van der Waals surface area (Å²) in [5.41, 5.74) is 7.40. The van der Waals surface area contributed by atoms with Crippen molar-refractivity contribution in [1.29, 1.82) is 0 Å². The van der Waals surface area contributed by atoms with E-state index in [2.05, 4.69) is 10.4 Å². The maximum absolute atomic E-state index is 12.3. The smallest absolute Gasteiger partial charge is 0.253 e. The van der Waals surface area contributed by atoms with E-state index >= 15 is 0 Å². The topological polar surface area (TPSA) is 59.2 Å². The van der Waals surface area contributed by atoms with Crippen LogP contribution in [0, 0.1) is 6.92 Å². The molecule has 1 atom stereocenters. The molecule has 0 bridgehead atoms. The average Bonchev–Trinajstić information content (AvgIpc) is 2.96. The number of aryl methyl sites for hydroxylation is 1. The van der Waals surface area contributed by atoms with Gasteiger partial charge in [-0.25, -0.2) is 4.98 Å². The summed E-state index contributed by atoms with van der Waals surface area (Å²) in [6.45, 7) is 4.42. The molecule has 0 aliphatic carbocycles. The average molecular weight is 335 g/mol. The third-order valence-electron chi connectivity index (χ3n) is 3.48. The van der Waals surface area contributed by atoms with Crippen molar-refractivity contribution in [2.24, 2.45) is 5.73 Å². The summed E-state index contributed by atoms with van der Waals surface area (Å²) in [5.74, 6) is 0.853. The molecule has 0 saturated heterocycles. The van der Waals surface area contributed by atoms with Gasteiger partial charge in [0.2, 0.25) is 0 Å². The van der Waals surface area contributed by atoms with Crippen molar-refractivity contribution < 1.29 is 4.79 Å². The van der Waals surface area contributed by atoms with Gasteiger partial charge >= 0.3 is 0 Å². The number of carbonyl (C=O) groups is 1. The van der Waals surface area contributed by atoms with Gasteiger partial charge in [0.05, 0.1) is 10.7 Å². The second-order valence-electron chi connectivity index (χ2n) is 5.17. The number of aromatic nitrogens is 1. The van der Waals surface area contributed by atoms with Crippen molar-refractivity contribution in [2.75, 3.05) is 13.6 Å². The van der Waals surface area contributed by atoms with Gasteiger partial charge in [0.1, 0.15) is 0 Å². The predicted molar refractivity (Wildman–Crippen MR) is 93.5 cm³/mol. The van der Waals surface area contributed by atoms with Gasteiger partial charge in [-0.2, -0.15) is 0 Å². The fourth-order valence-corrected chi connectivity index (χ4v) is 3.40. The van der Waals surface area contributed by atoms with Gasteiger partial charge in [-0.15, -0.1) is 23.1 Å². The minimum absolute atomic E-state index is 0.00428. The number of nitrogens with zero attached hydrogens (tertiary/aromatic N) is 2. The number of benzene rings is 1. The normalized spacial score (nSPS) is 12.2. The molecule has 6 heteroatoms. The van der Waals surface area contributed by atoms with Crippen molar-refractivity contribution in [3.63, 3.8) is 0 Å². The monoisotopic (exact) mass is 335 g/mol. The van der Waals surface area contributed by atoms with Crippen molar-refractivity contribution in [2.45, 2.75) is 30.5 Å². The molecule has 1 aromatic carbocycles. The SMILES string of the molecule is Cc1nc(CSc2ccc(C(=O)N(C)C(C)CN)cc2)cs1. The lowest BCUT2D eigenvalue weighted by atomic mass is 10.2. The number of hydrogen-bond donors (Lipinski definition) is 1. The number of hydrogen-bond acceptors (Lipinski definition) is 5. The first-order valence-electron chi connectivity index (χ1n) is 7.12. The van der Waals surface area contributed by atoms with E-state index in [-0.39, 0.29) is 11.9 Å². The number of likely N-dealkylation sites (N-methyl/N-ethyl adjacent to an activating group) is 1. The molecule has 0 aliphatic rings. The third-order valence-corrected chi connectivity index (χ3v) is 5.35. The molecule has 0 aliphatic heterocycles. The van der Waals surface area contributed by atoms with E-state index in [0.717, 1.165) is 21.3 Å². The second kappa shape index (κ2) is 7.76. The Hall–Kier alpha value is -1.37. The Morgan fingerprint density at radius 1 is 1.41 bits per heavy atom. The number of thiazole rings is 1. The highest BCUT2D eigenvalue weighted by Crippen LogP contribution is 2.24. The molecule has 1 aromatic heterocycles. The molecule has 0 spiro atoms. The maximum atomic E-state index is 12.3. The van der Waals surface area contributed by atoms with Crippen molar-refractivity contribution in [1.82, 2.24) is 9.88 Å². The first-order chi connectivity index (χ1) is 10.5. The summed E-state index contributed by atoms with van der Waals surface area (Å²) in [4.78, 5) is 19.6. The quantitative estimate of drug-likeness (QED) is 0.824.